The van der Waals surface area contributed by atoms with Crippen molar-refractivity contribution in [1.82, 2.24) is 15.1 Å². The van der Waals surface area contributed by atoms with E-state index < -0.39 is 12.2 Å². The molecule has 2 heterocycles. The molecule has 1 N–H and O–H groups in total. The van der Waals surface area contributed by atoms with Crippen molar-refractivity contribution in [3.05, 3.63) is 24.2 Å². The molecular formula is C17H28F3IN4O. The number of hydrogen-bond donors (Lipinski definition) is 1. The summed E-state index contributed by atoms with van der Waals surface area (Å²) in [7, 11) is 0. The molecule has 1 saturated heterocycles. The first-order valence-corrected chi connectivity index (χ1v) is 8.78. The molecule has 1 aromatic heterocycles. The Morgan fingerprint density at radius 1 is 1.31 bits per heavy atom. The van der Waals surface area contributed by atoms with Crippen molar-refractivity contribution in [3.63, 3.8) is 0 Å². The van der Waals surface area contributed by atoms with Gasteiger partial charge in [-0.1, -0.05) is 6.92 Å². The van der Waals surface area contributed by atoms with Gasteiger partial charge in [0, 0.05) is 45.7 Å². The van der Waals surface area contributed by atoms with E-state index in [4.69, 9.17) is 4.42 Å². The van der Waals surface area contributed by atoms with Gasteiger partial charge < -0.3 is 14.6 Å². The van der Waals surface area contributed by atoms with E-state index in [1.165, 1.54) is 11.8 Å². The number of alkyl halides is 3. The Labute approximate surface area is 170 Å². The molecular weight excluding hydrogens is 460 g/mol. The maximum atomic E-state index is 12.9. The van der Waals surface area contributed by atoms with Crippen LogP contribution in [-0.4, -0.2) is 67.2 Å². The summed E-state index contributed by atoms with van der Waals surface area (Å²) >= 11 is 0. The van der Waals surface area contributed by atoms with Gasteiger partial charge in [0.25, 0.3) is 0 Å². The number of aliphatic imine (C=N–C) groups is 1. The third-order valence-corrected chi connectivity index (χ3v) is 4.36. The molecule has 1 aliphatic rings. The Kier molecular flexibility index (Phi) is 9.77. The molecule has 26 heavy (non-hydrogen) atoms. The maximum Gasteiger partial charge on any atom is 0.403 e. The summed E-state index contributed by atoms with van der Waals surface area (Å²) < 4.78 is 43.9. The smallest absolute Gasteiger partial charge is 0.403 e. The standard InChI is InChI=1S/C17H27F3N4O.HI/c1-3-7-21-16(22-8-6-15-5-4-13-25-15)24-11-9-23(10-12-24)14(2)17(18,19)20;/h4-5,13-14H,3,6-12H2,1-2H3,(H,21,22);1H. The molecule has 5 nitrogen and oxygen atoms in total. The molecule has 1 aromatic rings. The van der Waals surface area contributed by atoms with Crippen molar-refractivity contribution >= 4 is 29.9 Å². The van der Waals surface area contributed by atoms with Crippen molar-refractivity contribution in [1.29, 1.82) is 0 Å². The highest BCUT2D eigenvalue weighted by Crippen LogP contribution is 2.25. The molecule has 1 unspecified atom stereocenters. The SMILES string of the molecule is CCCN=C(NCCc1ccco1)N1CCN(C(C)C(F)(F)F)CC1.I. The lowest BCUT2D eigenvalue weighted by molar-refractivity contribution is -0.181. The number of rotatable bonds is 6. The Bertz CT molecular complexity index is 529. The molecule has 0 bridgehead atoms. The number of nitrogens with zero attached hydrogens (tertiary/aromatic N) is 3. The molecule has 1 fully saturated rings. The van der Waals surface area contributed by atoms with E-state index in [1.54, 1.807) is 6.26 Å². The van der Waals surface area contributed by atoms with Crippen LogP contribution in [0.2, 0.25) is 0 Å². The van der Waals surface area contributed by atoms with Gasteiger partial charge in [-0.25, -0.2) is 0 Å². The summed E-state index contributed by atoms with van der Waals surface area (Å²) in [5.74, 6) is 1.67. The second-order valence-electron chi connectivity index (χ2n) is 6.20. The van der Waals surface area contributed by atoms with Crippen molar-refractivity contribution in [2.24, 2.45) is 4.99 Å². The van der Waals surface area contributed by atoms with Crippen LogP contribution in [-0.2, 0) is 6.42 Å². The summed E-state index contributed by atoms with van der Waals surface area (Å²) in [6, 6.07) is 2.36. The third-order valence-electron chi connectivity index (χ3n) is 4.36. The maximum absolute atomic E-state index is 12.9. The van der Waals surface area contributed by atoms with Crippen LogP contribution in [0.5, 0.6) is 0 Å². The Balaban J connectivity index is 0.00000338. The summed E-state index contributed by atoms with van der Waals surface area (Å²) in [4.78, 5) is 8.09. The fourth-order valence-electron chi connectivity index (χ4n) is 2.77. The molecule has 0 amide bonds. The fraction of sp³-hybridized carbons (Fsp3) is 0.706. The number of nitrogens with one attached hydrogen (secondary N) is 1. The molecule has 2 rings (SSSR count). The van der Waals surface area contributed by atoms with E-state index in [2.05, 4.69) is 10.3 Å². The minimum atomic E-state index is -4.18. The Hall–Kier alpha value is -0.970. The molecule has 1 atom stereocenters. The van der Waals surface area contributed by atoms with E-state index in [0.717, 1.165) is 24.6 Å². The van der Waals surface area contributed by atoms with Gasteiger partial charge in [-0.15, -0.1) is 24.0 Å². The highest BCUT2D eigenvalue weighted by atomic mass is 127. The molecule has 9 heteroatoms. The van der Waals surface area contributed by atoms with E-state index in [0.29, 0.717) is 39.3 Å². The molecule has 1 aliphatic heterocycles. The lowest BCUT2D eigenvalue weighted by atomic mass is 10.2. The number of furan rings is 1. The van der Waals surface area contributed by atoms with Crippen LogP contribution in [0.4, 0.5) is 13.2 Å². The van der Waals surface area contributed by atoms with Crippen LogP contribution in [0.1, 0.15) is 26.0 Å². The van der Waals surface area contributed by atoms with Gasteiger partial charge in [-0.3, -0.25) is 9.89 Å². The lowest BCUT2D eigenvalue weighted by Gasteiger charge is -2.39. The third kappa shape index (κ3) is 6.98. The van der Waals surface area contributed by atoms with Gasteiger partial charge in [0.15, 0.2) is 5.96 Å². The second-order valence-corrected chi connectivity index (χ2v) is 6.20. The van der Waals surface area contributed by atoms with Gasteiger partial charge in [-0.2, -0.15) is 13.2 Å². The fourth-order valence-corrected chi connectivity index (χ4v) is 2.77. The normalized spacial score (nSPS) is 17.7. The molecule has 0 aromatic carbocycles. The number of halogens is 4. The van der Waals surface area contributed by atoms with Crippen LogP contribution in [0.25, 0.3) is 0 Å². The average molecular weight is 488 g/mol. The zero-order valence-electron chi connectivity index (χ0n) is 15.3. The quantitative estimate of drug-likeness (QED) is 0.379. The van der Waals surface area contributed by atoms with Crippen LogP contribution in [0, 0.1) is 0 Å². The van der Waals surface area contributed by atoms with E-state index in [9.17, 15) is 13.2 Å². The summed E-state index contributed by atoms with van der Waals surface area (Å²) in [6.07, 6.45) is -0.872. The first-order valence-electron chi connectivity index (χ1n) is 8.78. The predicted molar refractivity (Wildman–Crippen MR) is 107 cm³/mol. The first-order chi connectivity index (χ1) is 11.9. The molecule has 150 valence electrons. The van der Waals surface area contributed by atoms with Crippen LogP contribution in [0.3, 0.4) is 0 Å². The van der Waals surface area contributed by atoms with E-state index >= 15 is 0 Å². The van der Waals surface area contributed by atoms with E-state index in [1.807, 2.05) is 24.0 Å². The lowest BCUT2D eigenvalue weighted by Crippen LogP contribution is -2.57. The zero-order valence-corrected chi connectivity index (χ0v) is 17.6. The van der Waals surface area contributed by atoms with Crippen LogP contribution >= 0.6 is 24.0 Å². The molecule has 0 aliphatic carbocycles. The van der Waals surface area contributed by atoms with Crippen LogP contribution in [0.15, 0.2) is 27.8 Å². The first kappa shape index (κ1) is 23.1. The number of guanidine groups is 1. The molecule has 0 saturated carbocycles. The monoisotopic (exact) mass is 488 g/mol. The summed E-state index contributed by atoms with van der Waals surface area (Å²) in [5.41, 5.74) is 0. The van der Waals surface area contributed by atoms with Gasteiger partial charge in [0.2, 0.25) is 0 Å². The Morgan fingerprint density at radius 2 is 2.00 bits per heavy atom. The highest BCUT2D eigenvalue weighted by molar-refractivity contribution is 14.0. The van der Waals surface area contributed by atoms with Gasteiger partial charge >= 0.3 is 6.18 Å². The minimum absolute atomic E-state index is 0. The Morgan fingerprint density at radius 3 is 2.54 bits per heavy atom. The molecule has 0 spiro atoms. The minimum Gasteiger partial charge on any atom is -0.469 e. The highest BCUT2D eigenvalue weighted by Gasteiger charge is 2.41. The number of piperazine rings is 1. The number of hydrogen-bond acceptors (Lipinski definition) is 3. The van der Waals surface area contributed by atoms with Crippen LogP contribution < -0.4 is 5.32 Å². The van der Waals surface area contributed by atoms with Crippen molar-refractivity contribution in [2.45, 2.75) is 38.9 Å². The van der Waals surface area contributed by atoms with Crippen molar-refractivity contribution < 1.29 is 17.6 Å². The van der Waals surface area contributed by atoms with E-state index in [-0.39, 0.29) is 24.0 Å². The summed E-state index contributed by atoms with van der Waals surface area (Å²) in [6.45, 7) is 6.48. The topological polar surface area (TPSA) is 44.0 Å². The summed E-state index contributed by atoms with van der Waals surface area (Å²) in [5, 5.41) is 3.31. The average Bonchev–Trinajstić information content (AvgIpc) is 3.10. The zero-order chi connectivity index (χ0) is 18.3. The van der Waals surface area contributed by atoms with Gasteiger partial charge in [0.1, 0.15) is 11.8 Å². The largest absolute Gasteiger partial charge is 0.469 e. The van der Waals surface area contributed by atoms with Gasteiger partial charge in [0.05, 0.1) is 6.26 Å². The van der Waals surface area contributed by atoms with Crippen molar-refractivity contribution in [3.8, 4) is 0 Å². The second kappa shape index (κ2) is 11.0. The predicted octanol–water partition coefficient (Wildman–Crippen LogP) is 3.36. The van der Waals surface area contributed by atoms with Gasteiger partial charge in [-0.05, 0) is 25.5 Å². The molecule has 0 radical (unpaired) electrons. The van der Waals surface area contributed by atoms with Crippen molar-refractivity contribution in [2.75, 3.05) is 39.3 Å².